The Labute approximate surface area is 219 Å². The summed E-state index contributed by atoms with van der Waals surface area (Å²) >= 11 is 0. The van der Waals surface area contributed by atoms with Gasteiger partial charge in [0.1, 0.15) is 17.0 Å². The van der Waals surface area contributed by atoms with E-state index in [1.165, 1.54) is 37.6 Å². The topological polar surface area (TPSA) is 87.0 Å². The molecule has 0 spiro atoms. The minimum atomic E-state index is -0.324. The van der Waals surface area contributed by atoms with Crippen LogP contribution in [0.2, 0.25) is 0 Å². The van der Waals surface area contributed by atoms with Crippen molar-refractivity contribution in [3.8, 4) is 22.4 Å². The Kier molecular flexibility index (Phi) is 5.09. The first-order valence-electron chi connectivity index (χ1n) is 13.6. The third-order valence-corrected chi connectivity index (χ3v) is 9.02. The molecule has 0 amide bonds. The van der Waals surface area contributed by atoms with Gasteiger partial charge in [0.25, 0.3) is 0 Å². The number of aromatic nitrogens is 6. The summed E-state index contributed by atoms with van der Waals surface area (Å²) in [6, 6.07) is 11.5. The highest BCUT2D eigenvalue weighted by Crippen LogP contribution is 2.42. The summed E-state index contributed by atoms with van der Waals surface area (Å²) in [5.74, 6) is 0.102. The Morgan fingerprint density at radius 3 is 2.61 bits per heavy atom. The van der Waals surface area contributed by atoms with Gasteiger partial charge in [-0.2, -0.15) is 10.2 Å². The minimum Gasteiger partial charge on any atom is -0.311 e. The maximum absolute atomic E-state index is 14.6. The average molecular weight is 509 g/mol. The number of pyridine rings is 1. The van der Waals surface area contributed by atoms with Gasteiger partial charge in [-0.1, -0.05) is 6.07 Å². The fourth-order valence-corrected chi connectivity index (χ4v) is 7.20. The summed E-state index contributed by atoms with van der Waals surface area (Å²) in [4.78, 5) is 11.8. The van der Waals surface area contributed by atoms with E-state index in [4.69, 9.17) is 10.1 Å². The van der Waals surface area contributed by atoms with Gasteiger partial charge < -0.3 is 5.32 Å². The third kappa shape index (κ3) is 3.41. The minimum absolute atomic E-state index is 0.324. The van der Waals surface area contributed by atoms with E-state index in [0.29, 0.717) is 23.5 Å². The van der Waals surface area contributed by atoms with E-state index >= 15 is 0 Å². The lowest BCUT2D eigenvalue weighted by molar-refractivity contribution is 0.120. The zero-order chi connectivity index (χ0) is 25.2. The second-order valence-corrected chi connectivity index (χ2v) is 11.0. The van der Waals surface area contributed by atoms with Crippen LogP contribution in [-0.4, -0.2) is 65.9 Å². The van der Waals surface area contributed by atoms with Crippen molar-refractivity contribution in [2.75, 3.05) is 13.1 Å². The predicted molar refractivity (Wildman–Crippen MR) is 143 cm³/mol. The smallest absolute Gasteiger partial charge is 0.163 e. The Morgan fingerprint density at radius 2 is 1.82 bits per heavy atom. The Morgan fingerprint density at radius 1 is 0.947 bits per heavy atom. The average Bonchev–Trinajstić information content (AvgIpc) is 3.77. The highest BCUT2D eigenvalue weighted by molar-refractivity contribution is 6.02. The lowest BCUT2D eigenvalue weighted by atomic mass is 9.83. The van der Waals surface area contributed by atoms with Crippen molar-refractivity contribution in [2.45, 2.75) is 56.1 Å². The molecule has 2 aliphatic heterocycles. The summed E-state index contributed by atoms with van der Waals surface area (Å²) < 4.78 is 16.6. The van der Waals surface area contributed by atoms with Crippen LogP contribution >= 0.6 is 0 Å². The van der Waals surface area contributed by atoms with E-state index < -0.39 is 0 Å². The van der Waals surface area contributed by atoms with E-state index in [1.807, 2.05) is 28.9 Å². The zero-order valence-electron chi connectivity index (χ0n) is 21.0. The van der Waals surface area contributed by atoms with Gasteiger partial charge in [0.2, 0.25) is 0 Å². The van der Waals surface area contributed by atoms with Crippen LogP contribution in [-0.2, 0) is 0 Å². The highest BCUT2D eigenvalue weighted by atomic mass is 19.1. The molecule has 1 aliphatic carbocycles. The quantitative estimate of drug-likeness (QED) is 0.371. The number of nitrogens with zero attached hydrogens (tertiary/aromatic N) is 6. The maximum Gasteiger partial charge on any atom is 0.163 e. The van der Waals surface area contributed by atoms with E-state index in [9.17, 15) is 4.39 Å². The molecule has 2 saturated heterocycles. The molecule has 5 aromatic rings. The van der Waals surface area contributed by atoms with Crippen molar-refractivity contribution in [3.63, 3.8) is 0 Å². The van der Waals surface area contributed by atoms with Gasteiger partial charge >= 0.3 is 0 Å². The summed E-state index contributed by atoms with van der Waals surface area (Å²) in [6.45, 7) is 2.36. The zero-order valence-corrected chi connectivity index (χ0v) is 21.0. The van der Waals surface area contributed by atoms with Crippen LogP contribution in [0.25, 0.3) is 38.9 Å². The molecule has 4 aromatic heterocycles. The molecule has 8 rings (SSSR count). The largest absolute Gasteiger partial charge is 0.311 e. The number of hydrogen-bond donors (Lipinski definition) is 2. The molecule has 192 valence electrons. The molecule has 0 radical (unpaired) electrons. The first-order valence-corrected chi connectivity index (χ1v) is 13.6. The number of piperazine rings is 1. The number of nitrogens with one attached hydrogen (secondary N) is 2. The molecule has 8 nitrogen and oxygen atoms in total. The number of rotatable bonds is 4. The van der Waals surface area contributed by atoms with Crippen molar-refractivity contribution >= 4 is 16.6 Å². The van der Waals surface area contributed by atoms with Gasteiger partial charge in [0, 0.05) is 72.4 Å². The van der Waals surface area contributed by atoms with Crippen molar-refractivity contribution in [2.24, 2.45) is 0 Å². The number of fused-ring (bicyclic) bond motifs is 4. The normalized spacial score (nSPS) is 25.6. The van der Waals surface area contributed by atoms with Gasteiger partial charge in [0.15, 0.2) is 5.65 Å². The van der Waals surface area contributed by atoms with Crippen molar-refractivity contribution < 1.29 is 4.39 Å². The number of benzene rings is 1. The van der Waals surface area contributed by atoms with Crippen LogP contribution in [0.15, 0.2) is 55.1 Å². The molecule has 1 aromatic carbocycles. The van der Waals surface area contributed by atoms with E-state index in [2.05, 4.69) is 31.5 Å². The molecule has 3 aliphatic rings. The monoisotopic (exact) mass is 508 g/mol. The Hall–Kier alpha value is -3.69. The van der Waals surface area contributed by atoms with Crippen LogP contribution in [0.4, 0.5) is 4.39 Å². The summed E-state index contributed by atoms with van der Waals surface area (Å²) in [6.07, 6.45) is 13.2. The fourth-order valence-electron chi connectivity index (χ4n) is 7.20. The first kappa shape index (κ1) is 22.3. The molecule has 3 fully saturated rings. The second kappa shape index (κ2) is 8.68. The van der Waals surface area contributed by atoms with Crippen LogP contribution < -0.4 is 5.32 Å². The van der Waals surface area contributed by atoms with Gasteiger partial charge in [-0.3, -0.25) is 15.0 Å². The van der Waals surface area contributed by atoms with Gasteiger partial charge in [-0.25, -0.2) is 13.9 Å². The summed E-state index contributed by atoms with van der Waals surface area (Å²) in [5.41, 5.74) is 5.90. The molecule has 2 bridgehead atoms. The molecule has 1 saturated carbocycles. The predicted octanol–water partition coefficient (Wildman–Crippen LogP) is 4.55. The molecule has 38 heavy (non-hydrogen) atoms. The Bertz CT molecular complexity index is 1630. The van der Waals surface area contributed by atoms with E-state index in [0.717, 1.165) is 58.8 Å². The van der Waals surface area contributed by atoms with E-state index in [1.54, 1.807) is 18.6 Å². The molecular weight excluding hydrogens is 479 g/mol. The number of halogens is 1. The lowest BCUT2D eigenvalue weighted by Gasteiger charge is -2.39. The summed E-state index contributed by atoms with van der Waals surface area (Å²) in [7, 11) is 0. The van der Waals surface area contributed by atoms with Crippen molar-refractivity contribution in [1.82, 2.24) is 40.0 Å². The van der Waals surface area contributed by atoms with Gasteiger partial charge in [0.05, 0.1) is 11.8 Å². The van der Waals surface area contributed by atoms with Crippen LogP contribution in [0.3, 0.4) is 0 Å². The molecule has 9 heteroatoms. The van der Waals surface area contributed by atoms with Gasteiger partial charge in [-0.15, -0.1) is 0 Å². The SMILES string of the molecule is Fc1ccc(-c2c(-c3ccncc3)nn3c(C4CCC(N5C[C@@H]6C[C@H]5CN6)CC4)ccnc23)c2cn[nH]c12. The van der Waals surface area contributed by atoms with Gasteiger partial charge in [-0.05, 0) is 61.9 Å². The van der Waals surface area contributed by atoms with Crippen molar-refractivity contribution in [1.29, 1.82) is 0 Å². The molecule has 2 N–H and O–H groups in total. The van der Waals surface area contributed by atoms with Crippen LogP contribution in [0.5, 0.6) is 0 Å². The molecular formula is C29H29FN8. The second-order valence-electron chi connectivity index (χ2n) is 11.0. The van der Waals surface area contributed by atoms with Crippen molar-refractivity contribution in [3.05, 3.63) is 66.6 Å². The molecule has 6 heterocycles. The lowest BCUT2D eigenvalue weighted by Crippen LogP contribution is -2.49. The number of H-pyrrole nitrogens is 1. The first-order chi connectivity index (χ1) is 18.7. The number of likely N-dealkylation sites (tertiary alicyclic amines) is 1. The van der Waals surface area contributed by atoms with E-state index in [-0.39, 0.29) is 5.82 Å². The maximum atomic E-state index is 14.6. The fraction of sp³-hybridized carbons (Fsp3) is 0.379. The Balaban J connectivity index is 1.21. The summed E-state index contributed by atoms with van der Waals surface area (Å²) in [5, 5.41) is 16.5. The highest BCUT2D eigenvalue weighted by Gasteiger charge is 2.42. The van der Waals surface area contributed by atoms with Crippen LogP contribution in [0.1, 0.15) is 43.7 Å². The third-order valence-electron chi connectivity index (χ3n) is 9.02. The molecule has 2 atom stereocenters. The molecule has 0 unspecified atom stereocenters. The number of hydrogen-bond acceptors (Lipinski definition) is 6. The standard InChI is InChI=1S/C29H29FN8/c30-24-6-5-22(23-15-34-35-28(23)24)26-27(18-7-10-31-11-8-18)36-38-25(9-12-32-29(26)38)17-1-3-20(4-2-17)37-16-19-13-21(37)14-33-19/h5-12,15,17,19-21,33H,1-4,13-14,16H2,(H,34,35)/t17?,19-,20?,21-/m0/s1. The van der Waals surface area contributed by atoms with Crippen LogP contribution in [0, 0.1) is 5.82 Å². The number of aromatic amines is 1.